The van der Waals surface area contributed by atoms with E-state index in [0.717, 1.165) is 23.7 Å². The van der Waals surface area contributed by atoms with Crippen molar-refractivity contribution < 1.29 is 4.79 Å². The van der Waals surface area contributed by atoms with Gasteiger partial charge in [-0.2, -0.15) is 0 Å². The molecule has 0 heterocycles. The zero-order valence-electron chi connectivity index (χ0n) is 12.4. The van der Waals surface area contributed by atoms with Crippen molar-refractivity contribution in [1.29, 1.82) is 0 Å². The highest BCUT2D eigenvalue weighted by atomic mass is 79.9. The number of anilines is 1. The number of thiocarbonyl (C=S) groups is 1. The lowest BCUT2D eigenvalue weighted by Gasteiger charge is -2.37. The van der Waals surface area contributed by atoms with Gasteiger partial charge in [-0.15, -0.1) is 0 Å². The molecule has 1 amide bonds. The van der Waals surface area contributed by atoms with E-state index in [1.165, 1.54) is 6.42 Å². The Morgan fingerprint density at radius 2 is 2.14 bits per heavy atom. The van der Waals surface area contributed by atoms with E-state index < -0.39 is 0 Å². The molecular formula is C16H21BrN2OS. The van der Waals surface area contributed by atoms with Crippen LogP contribution >= 0.6 is 28.1 Å². The Morgan fingerprint density at radius 1 is 1.43 bits per heavy atom. The fourth-order valence-electron chi connectivity index (χ4n) is 3.03. The molecule has 2 rings (SSSR count). The first-order valence-corrected chi connectivity index (χ1v) is 8.41. The van der Waals surface area contributed by atoms with Gasteiger partial charge in [0, 0.05) is 16.0 Å². The van der Waals surface area contributed by atoms with Crippen LogP contribution in [0, 0.1) is 11.3 Å². The van der Waals surface area contributed by atoms with Gasteiger partial charge in [0.1, 0.15) is 4.99 Å². The highest BCUT2D eigenvalue weighted by Crippen LogP contribution is 2.41. The predicted molar refractivity (Wildman–Crippen MR) is 94.4 cm³/mol. The SMILES string of the molecule is CC1(C)CCCCC1C(=O)Nc1ccc(Br)cc1C(N)=S. The number of hydrogen-bond acceptors (Lipinski definition) is 2. The fraction of sp³-hybridized carbons (Fsp3) is 0.500. The maximum Gasteiger partial charge on any atom is 0.228 e. The van der Waals surface area contributed by atoms with Gasteiger partial charge in [-0.25, -0.2) is 0 Å². The number of nitrogens with one attached hydrogen (secondary N) is 1. The Morgan fingerprint density at radius 3 is 2.76 bits per heavy atom. The van der Waals surface area contributed by atoms with E-state index in [0.29, 0.717) is 11.3 Å². The molecule has 1 aromatic rings. The zero-order valence-corrected chi connectivity index (χ0v) is 14.8. The quantitative estimate of drug-likeness (QED) is 0.784. The third kappa shape index (κ3) is 3.83. The summed E-state index contributed by atoms with van der Waals surface area (Å²) in [4.78, 5) is 12.9. The van der Waals surface area contributed by atoms with Crippen LogP contribution in [-0.2, 0) is 4.79 Å². The second-order valence-corrected chi connectivity index (χ2v) is 7.69. The molecule has 0 saturated heterocycles. The van der Waals surface area contributed by atoms with Gasteiger partial charge in [0.25, 0.3) is 0 Å². The monoisotopic (exact) mass is 368 g/mol. The van der Waals surface area contributed by atoms with Crippen molar-refractivity contribution in [2.75, 3.05) is 5.32 Å². The second-order valence-electron chi connectivity index (χ2n) is 6.33. The molecule has 1 aliphatic carbocycles. The number of rotatable bonds is 3. The van der Waals surface area contributed by atoms with E-state index in [1.54, 1.807) is 0 Å². The molecule has 3 N–H and O–H groups in total. The first kappa shape index (κ1) is 16.4. The summed E-state index contributed by atoms with van der Waals surface area (Å²) in [6.45, 7) is 4.35. The van der Waals surface area contributed by atoms with Gasteiger partial charge in [-0.3, -0.25) is 4.79 Å². The largest absolute Gasteiger partial charge is 0.389 e. The summed E-state index contributed by atoms with van der Waals surface area (Å²) < 4.78 is 0.890. The van der Waals surface area contributed by atoms with E-state index in [4.69, 9.17) is 18.0 Å². The van der Waals surface area contributed by atoms with Crippen LogP contribution < -0.4 is 11.1 Å². The third-order valence-corrected chi connectivity index (χ3v) is 5.04. The molecule has 1 fully saturated rings. The molecule has 3 nitrogen and oxygen atoms in total. The van der Waals surface area contributed by atoms with Gasteiger partial charge in [-0.1, -0.05) is 54.8 Å². The summed E-state index contributed by atoms with van der Waals surface area (Å²) in [6.07, 6.45) is 4.35. The van der Waals surface area contributed by atoms with Crippen LogP contribution in [0.1, 0.15) is 45.1 Å². The molecule has 0 aromatic heterocycles. The minimum Gasteiger partial charge on any atom is -0.389 e. The van der Waals surface area contributed by atoms with E-state index in [2.05, 4.69) is 35.1 Å². The number of carbonyl (C=O) groups excluding carboxylic acids is 1. The molecule has 0 radical (unpaired) electrons. The van der Waals surface area contributed by atoms with Crippen molar-refractivity contribution in [1.82, 2.24) is 0 Å². The molecule has 1 unspecified atom stereocenters. The van der Waals surface area contributed by atoms with Crippen LogP contribution in [0.15, 0.2) is 22.7 Å². The van der Waals surface area contributed by atoms with Crippen molar-refractivity contribution in [3.8, 4) is 0 Å². The van der Waals surface area contributed by atoms with E-state index in [1.807, 2.05) is 18.2 Å². The van der Waals surface area contributed by atoms with E-state index >= 15 is 0 Å². The summed E-state index contributed by atoms with van der Waals surface area (Å²) in [5.74, 6) is 0.105. The molecule has 114 valence electrons. The summed E-state index contributed by atoms with van der Waals surface area (Å²) in [6, 6.07) is 5.56. The Labute approximate surface area is 139 Å². The van der Waals surface area contributed by atoms with Crippen molar-refractivity contribution >= 4 is 44.7 Å². The fourth-order valence-corrected chi connectivity index (χ4v) is 3.56. The van der Waals surface area contributed by atoms with Gasteiger partial charge >= 0.3 is 0 Å². The van der Waals surface area contributed by atoms with Crippen LogP contribution in [0.3, 0.4) is 0 Å². The van der Waals surface area contributed by atoms with Gasteiger partial charge in [0.15, 0.2) is 0 Å². The number of carbonyl (C=O) groups is 1. The highest BCUT2D eigenvalue weighted by molar-refractivity contribution is 9.10. The normalized spacial score (nSPS) is 20.8. The van der Waals surface area contributed by atoms with Crippen LogP contribution in [0.5, 0.6) is 0 Å². The maximum absolute atomic E-state index is 12.6. The van der Waals surface area contributed by atoms with E-state index in [-0.39, 0.29) is 22.2 Å². The van der Waals surface area contributed by atoms with Crippen LogP contribution in [-0.4, -0.2) is 10.9 Å². The molecule has 1 aliphatic rings. The standard InChI is InChI=1S/C16H21BrN2OS/c1-16(2)8-4-3-5-12(16)15(20)19-13-7-6-10(17)9-11(13)14(18)21/h6-7,9,12H,3-5,8H2,1-2H3,(H2,18,21)(H,19,20). The smallest absolute Gasteiger partial charge is 0.228 e. The summed E-state index contributed by atoms with van der Waals surface area (Å²) in [7, 11) is 0. The molecule has 21 heavy (non-hydrogen) atoms. The third-order valence-electron chi connectivity index (χ3n) is 4.33. The first-order chi connectivity index (χ1) is 9.81. The first-order valence-electron chi connectivity index (χ1n) is 7.21. The Bertz CT molecular complexity index is 571. The summed E-state index contributed by atoms with van der Waals surface area (Å²) in [5.41, 5.74) is 7.18. The second kappa shape index (κ2) is 6.44. The zero-order chi connectivity index (χ0) is 15.6. The molecule has 1 aromatic carbocycles. The Balaban J connectivity index is 2.22. The lowest BCUT2D eigenvalue weighted by molar-refractivity contribution is -0.124. The van der Waals surface area contributed by atoms with Crippen LogP contribution in [0.2, 0.25) is 0 Å². The van der Waals surface area contributed by atoms with Gasteiger partial charge in [-0.05, 0) is 36.5 Å². The molecule has 0 aliphatic heterocycles. The number of benzene rings is 1. The molecule has 1 saturated carbocycles. The minimum atomic E-state index is 0.0362. The van der Waals surface area contributed by atoms with Crippen molar-refractivity contribution in [2.45, 2.75) is 39.5 Å². The molecular weight excluding hydrogens is 348 g/mol. The lowest BCUT2D eigenvalue weighted by atomic mass is 9.68. The minimum absolute atomic E-state index is 0.0362. The van der Waals surface area contributed by atoms with Crippen LogP contribution in [0.4, 0.5) is 5.69 Å². The lowest BCUT2D eigenvalue weighted by Crippen LogP contribution is -2.37. The molecule has 5 heteroatoms. The van der Waals surface area contributed by atoms with Crippen molar-refractivity contribution in [3.63, 3.8) is 0 Å². The number of nitrogens with two attached hydrogens (primary N) is 1. The Kier molecular flexibility index (Phi) is 5.04. The number of hydrogen-bond donors (Lipinski definition) is 2. The number of halogens is 1. The molecule has 0 bridgehead atoms. The Hall–Kier alpha value is -0.940. The average Bonchev–Trinajstić information content (AvgIpc) is 2.39. The van der Waals surface area contributed by atoms with Crippen molar-refractivity contribution in [2.24, 2.45) is 17.1 Å². The van der Waals surface area contributed by atoms with Gasteiger partial charge in [0.05, 0.1) is 5.69 Å². The van der Waals surface area contributed by atoms with Gasteiger partial charge in [0.2, 0.25) is 5.91 Å². The number of amides is 1. The average molecular weight is 369 g/mol. The summed E-state index contributed by atoms with van der Waals surface area (Å²) in [5, 5.41) is 3.02. The van der Waals surface area contributed by atoms with Crippen molar-refractivity contribution in [3.05, 3.63) is 28.2 Å². The van der Waals surface area contributed by atoms with Gasteiger partial charge < -0.3 is 11.1 Å². The predicted octanol–water partition coefficient (Wildman–Crippen LogP) is 4.24. The van der Waals surface area contributed by atoms with Crippen LogP contribution in [0.25, 0.3) is 0 Å². The summed E-state index contributed by atoms with van der Waals surface area (Å²) >= 11 is 8.47. The van der Waals surface area contributed by atoms with E-state index in [9.17, 15) is 4.79 Å². The molecule has 0 spiro atoms. The highest BCUT2D eigenvalue weighted by Gasteiger charge is 2.37. The molecule has 1 atom stereocenters. The topological polar surface area (TPSA) is 55.1 Å². The maximum atomic E-state index is 12.6.